The van der Waals surface area contributed by atoms with E-state index in [1.165, 1.54) is 31.0 Å². The second-order valence-electron chi connectivity index (χ2n) is 7.77. The fourth-order valence-corrected chi connectivity index (χ4v) is 4.75. The van der Waals surface area contributed by atoms with Crippen molar-refractivity contribution in [3.63, 3.8) is 0 Å². The predicted octanol–water partition coefficient (Wildman–Crippen LogP) is 4.12. The standard InChI is InChI=1S/C23H27N5O2S/c1-16-7-3-4-8-18(16)25-21(29)15-31-23-27-26-22(17-11-13-24-14-12-17)28(23)19-9-5-6-10-20(19)30-2/h5-6,9-14,16,18H,3-4,7-8,15H2,1-2H3,(H,25,29). The number of nitrogens with one attached hydrogen (secondary N) is 1. The average Bonchev–Trinajstić information content (AvgIpc) is 3.23. The molecule has 4 rings (SSSR count). The normalized spacial score (nSPS) is 18.5. The lowest BCUT2D eigenvalue weighted by atomic mass is 9.86. The van der Waals surface area contributed by atoms with Crippen LogP contribution < -0.4 is 10.1 Å². The second-order valence-corrected chi connectivity index (χ2v) is 8.72. The minimum Gasteiger partial charge on any atom is -0.495 e. The molecule has 1 saturated carbocycles. The highest BCUT2D eigenvalue weighted by Gasteiger charge is 2.24. The van der Waals surface area contributed by atoms with Gasteiger partial charge in [-0.15, -0.1) is 10.2 Å². The van der Waals surface area contributed by atoms with E-state index in [0.717, 1.165) is 17.7 Å². The smallest absolute Gasteiger partial charge is 0.230 e. The zero-order valence-corrected chi connectivity index (χ0v) is 18.6. The number of benzene rings is 1. The van der Waals surface area contributed by atoms with Crippen LogP contribution in [-0.2, 0) is 4.79 Å². The molecule has 1 fully saturated rings. The van der Waals surface area contributed by atoms with Crippen molar-refractivity contribution < 1.29 is 9.53 Å². The fraction of sp³-hybridized carbons (Fsp3) is 0.391. The summed E-state index contributed by atoms with van der Waals surface area (Å²) in [6, 6.07) is 11.8. The van der Waals surface area contributed by atoms with Gasteiger partial charge in [0.25, 0.3) is 0 Å². The number of thioether (sulfide) groups is 1. The zero-order valence-electron chi connectivity index (χ0n) is 17.8. The molecule has 1 N–H and O–H groups in total. The van der Waals surface area contributed by atoms with Crippen LogP contribution >= 0.6 is 11.8 Å². The number of para-hydroxylation sites is 2. The van der Waals surface area contributed by atoms with Crippen molar-refractivity contribution in [3.8, 4) is 22.8 Å². The van der Waals surface area contributed by atoms with E-state index in [1.807, 2.05) is 41.0 Å². The van der Waals surface area contributed by atoms with Crippen molar-refractivity contribution in [3.05, 3.63) is 48.8 Å². The SMILES string of the molecule is COc1ccccc1-n1c(SCC(=O)NC2CCCCC2C)nnc1-c1ccncc1. The van der Waals surface area contributed by atoms with Crippen LogP contribution in [0.25, 0.3) is 17.1 Å². The highest BCUT2D eigenvalue weighted by atomic mass is 32.2. The maximum atomic E-state index is 12.7. The van der Waals surface area contributed by atoms with Crippen LogP contribution in [0.3, 0.4) is 0 Å². The predicted molar refractivity (Wildman–Crippen MR) is 121 cm³/mol. The first-order chi connectivity index (χ1) is 15.2. The minimum absolute atomic E-state index is 0.0313. The number of rotatable bonds is 7. The van der Waals surface area contributed by atoms with Gasteiger partial charge >= 0.3 is 0 Å². The molecule has 31 heavy (non-hydrogen) atoms. The molecule has 2 atom stereocenters. The lowest BCUT2D eigenvalue weighted by Crippen LogP contribution is -2.41. The maximum Gasteiger partial charge on any atom is 0.230 e. The van der Waals surface area contributed by atoms with Gasteiger partial charge in [0.1, 0.15) is 5.75 Å². The molecule has 1 aliphatic carbocycles. The van der Waals surface area contributed by atoms with E-state index in [0.29, 0.717) is 22.6 Å². The van der Waals surface area contributed by atoms with Gasteiger partial charge in [0.15, 0.2) is 11.0 Å². The number of aromatic nitrogens is 4. The van der Waals surface area contributed by atoms with Gasteiger partial charge in [-0.3, -0.25) is 14.3 Å². The summed E-state index contributed by atoms with van der Waals surface area (Å²) in [7, 11) is 1.64. The van der Waals surface area contributed by atoms with Crippen LogP contribution in [0.15, 0.2) is 53.9 Å². The summed E-state index contributed by atoms with van der Waals surface area (Å²) in [4.78, 5) is 16.8. The number of nitrogens with zero attached hydrogens (tertiary/aromatic N) is 4. The van der Waals surface area contributed by atoms with E-state index in [1.54, 1.807) is 19.5 Å². The van der Waals surface area contributed by atoms with Gasteiger partial charge in [0.05, 0.1) is 18.6 Å². The Morgan fingerprint density at radius 2 is 1.94 bits per heavy atom. The van der Waals surface area contributed by atoms with Gasteiger partial charge in [-0.05, 0) is 43.0 Å². The van der Waals surface area contributed by atoms with Crippen LogP contribution in [0, 0.1) is 5.92 Å². The largest absolute Gasteiger partial charge is 0.495 e. The van der Waals surface area contributed by atoms with Gasteiger partial charge in [-0.2, -0.15) is 0 Å². The molecule has 0 spiro atoms. The first kappa shape index (κ1) is 21.4. The summed E-state index contributed by atoms with van der Waals surface area (Å²) < 4.78 is 7.52. The first-order valence-corrected chi connectivity index (χ1v) is 11.6. The van der Waals surface area contributed by atoms with Gasteiger partial charge in [0.2, 0.25) is 5.91 Å². The monoisotopic (exact) mass is 437 g/mol. The maximum absolute atomic E-state index is 12.7. The number of methoxy groups -OCH3 is 1. The Kier molecular flexibility index (Phi) is 6.86. The molecule has 2 heterocycles. The summed E-state index contributed by atoms with van der Waals surface area (Å²) in [6.07, 6.45) is 8.11. The number of ether oxygens (including phenoxy) is 1. The van der Waals surface area contributed by atoms with E-state index >= 15 is 0 Å². The molecule has 162 valence electrons. The summed E-state index contributed by atoms with van der Waals surface area (Å²) in [6.45, 7) is 2.22. The topological polar surface area (TPSA) is 81.9 Å². The van der Waals surface area contributed by atoms with Crippen LogP contribution in [0.4, 0.5) is 0 Å². The molecule has 1 amide bonds. The summed E-state index contributed by atoms with van der Waals surface area (Å²) in [5, 5.41) is 12.7. The average molecular weight is 438 g/mol. The number of carbonyl (C=O) groups is 1. The Balaban J connectivity index is 1.59. The molecule has 7 nitrogen and oxygen atoms in total. The molecule has 1 aliphatic rings. The van der Waals surface area contributed by atoms with Crippen LogP contribution in [-0.4, -0.2) is 44.6 Å². The fourth-order valence-electron chi connectivity index (χ4n) is 3.99. The van der Waals surface area contributed by atoms with E-state index in [2.05, 4.69) is 27.4 Å². The third-order valence-electron chi connectivity index (χ3n) is 5.69. The highest BCUT2D eigenvalue weighted by Crippen LogP contribution is 2.32. The van der Waals surface area contributed by atoms with E-state index in [4.69, 9.17) is 4.74 Å². The van der Waals surface area contributed by atoms with Crippen molar-refractivity contribution in [2.75, 3.05) is 12.9 Å². The van der Waals surface area contributed by atoms with Gasteiger partial charge in [-0.25, -0.2) is 0 Å². The second kappa shape index (κ2) is 9.96. The molecule has 0 bridgehead atoms. The molecule has 2 aromatic heterocycles. The molecule has 1 aromatic carbocycles. The third-order valence-corrected chi connectivity index (χ3v) is 6.62. The Labute approximate surface area is 186 Å². The van der Waals surface area contributed by atoms with E-state index < -0.39 is 0 Å². The molecule has 0 radical (unpaired) electrons. The van der Waals surface area contributed by atoms with Crippen LogP contribution in [0.5, 0.6) is 5.75 Å². The Morgan fingerprint density at radius 3 is 2.71 bits per heavy atom. The molecular formula is C23H27N5O2S. The third kappa shape index (κ3) is 4.90. The molecule has 0 aliphatic heterocycles. The quantitative estimate of drug-likeness (QED) is 0.560. The molecule has 8 heteroatoms. The lowest BCUT2D eigenvalue weighted by Gasteiger charge is -2.29. The molecular weight excluding hydrogens is 410 g/mol. The summed E-state index contributed by atoms with van der Waals surface area (Å²) in [5.41, 5.74) is 1.71. The zero-order chi connectivity index (χ0) is 21.6. The van der Waals surface area contributed by atoms with Gasteiger partial charge < -0.3 is 10.1 Å². The number of hydrogen-bond donors (Lipinski definition) is 1. The van der Waals surface area contributed by atoms with Crippen molar-refractivity contribution >= 4 is 17.7 Å². The molecule has 0 saturated heterocycles. The highest BCUT2D eigenvalue weighted by molar-refractivity contribution is 7.99. The Hall–Kier alpha value is -2.87. The Bertz CT molecular complexity index is 1020. The Morgan fingerprint density at radius 1 is 1.16 bits per heavy atom. The van der Waals surface area contributed by atoms with Crippen LogP contribution in [0.2, 0.25) is 0 Å². The van der Waals surface area contributed by atoms with Gasteiger partial charge in [0, 0.05) is 24.0 Å². The van der Waals surface area contributed by atoms with Crippen molar-refractivity contribution in [2.45, 2.75) is 43.8 Å². The number of hydrogen-bond acceptors (Lipinski definition) is 6. The van der Waals surface area contributed by atoms with Crippen molar-refractivity contribution in [2.24, 2.45) is 5.92 Å². The number of pyridine rings is 1. The molecule has 2 unspecified atom stereocenters. The number of carbonyl (C=O) groups excluding carboxylic acids is 1. The first-order valence-electron chi connectivity index (χ1n) is 10.6. The van der Waals surface area contributed by atoms with Crippen molar-refractivity contribution in [1.29, 1.82) is 0 Å². The van der Waals surface area contributed by atoms with Crippen LogP contribution in [0.1, 0.15) is 32.6 Å². The van der Waals surface area contributed by atoms with Gasteiger partial charge in [-0.1, -0.05) is 43.7 Å². The number of amides is 1. The minimum atomic E-state index is 0.0313. The van der Waals surface area contributed by atoms with Crippen molar-refractivity contribution in [1.82, 2.24) is 25.1 Å². The molecule has 3 aromatic rings. The van der Waals surface area contributed by atoms with E-state index in [-0.39, 0.29) is 17.7 Å². The van der Waals surface area contributed by atoms with E-state index in [9.17, 15) is 4.79 Å². The summed E-state index contributed by atoms with van der Waals surface area (Å²) in [5.74, 6) is 2.23. The summed E-state index contributed by atoms with van der Waals surface area (Å²) >= 11 is 1.38. The lowest BCUT2D eigenvalue weighted by molar-refractivity contribution is -0.119.